The molecule has 1 saturated heterocycles. The zero-order valence-corrected chi connectivity index (χ0v) is 16.2. The maximum atomic E-state index is 5.59. The van der Waals surface area contributed by atoms with Crippen LogP contribution in [0.1, 0.15) is 18.0 Å². The van der Waals surface area contributed by atoms with Crippen LogP contribution in [0.4, 0.5) is 0 Å². The van der Waals surface area contributed by atoms with Gasteiger partial charge < -0.3 is 19.5 Å². The molecule has 138 valence electrons. The summed E-state index contributed by atoms with van der Waals surface area (Å²) in [6.45, 7) is 7.94. The van der Waals surface area contributed by atoms with Crippen LogP contribution in [0.5, 0.6) is 17.2 Å². The molecule has 24 heavy (non-hydrogen) atoms. The topological polar surface area (TPSA) is 43.0 Å². The smallest absolute Gasteiger partial charge is 0.164 e. The lowest BCUT2D eigenvalue weighted by Gasteiger charge is -2.35. The van der Waals surface area contributed by atoms with Gasteiger partial charge in [-0.3, -0.25) is 4.90 Å². The van der Waals surface area contributed by atoms with Crippen LogP contribution in [-0.2, 0) is 0 Å². The molecule has 1 aliphatic rings. The minimum Gasteiger partial charge on any atom is -0.496 e. The first-order chi connectivity index (χ1) is 10.7. The quantitative estimate of drug-likeness (QED) is 0.738. The van der Waals surface area contributed by atoms with Gasteiger partial charge in [-0.15, -0.1) is 31.4 Å². The third-order valence-electron chi connectivity index (χ3n) is 4.08. The highest BCUT2D eigenvalue weighted by molar-refractivity contribution is 5.85. The molecule has 0 aromatic heterocycles. The first-order valence-corrected chi connectivity index (χ1v) is 7.60. The van der Waals surface area contributed by atoms with E-state index < -0.39 is 0 Å². The van der Waals surface area contributed by atoms with E-state index in [1.54, 1.807) is 21.3 Å². The van der Waals surface area contributed by atoms with E-state index in [0.717, 1.165) is 49.7 Å². The Hall–Kier alpha value is -1.14. The molecule has 0 saturated carbocycles. The van der Waals surface area contributed by atoms with E-state index in [0.29, 0.717) is 5.75 Å². The summed E-state index contributed by atoms with van der Waals surface area (Å²) in [6, 6.07) is 4.15. The second kappa shape index (κ2) is 11.4. The van der Waals surface area contributed by atoms with Crippen molar-refractivity contribution in [3.8, 4) is 17.2 Å². The number of nitrogens with zero attached hydrogens (tertiary/aromatic N) is 1. The molecule has 1 aliphatic heterocycles. The zero-order chi connectivity index (χ0) is 15.9. The number of ether oxygens (including phenoxy) is 3. The Bertz CT molecular complexity index is 509. The summed E-state index contributed by atoms with van der Waals surface area (Å²) in [5.74, 6) is 2.23. The number of nitrogens with one attached hydrogen (secondary N) is 1. The summed E-state index contributed by atoms with van der Waals surface area (Å²) in [5, 5.41) is 3.39. The van der Waals surface area contributed by atoms with E-state index in [1.165, 1.54) is 0 Å². The Morgan fingerprint density at radius 2 is 1.58 bits per heavy atom. The molecule has 1 heterocycles. The van der Waals surface area contributed by atoms with E-state index in [9.17, 15) is 0 Å². The Morgan fingerprint density at radius 3 is 2.08 bits per heavy atom. The van der Waals surface area contributed by atoms with Gasteiger partial charge in [-0.2, -0.15) is 0 Å². The summed E-state index contributed by atoms with van der Waals surface area (Å²) in [5.41, 5.74) is 1.11. The fourth-order valence-corrected chi connectivity index (χ4v) is 2.94. The predicted octanol–water partition coefficient (Wildman–Crippen LogP) is 3.08. The van der Waals surface area contributed by atoms with Gasteiger partial charge >= 0.3 is 0 Å². The van der Waals surface area contributed by atoms with Gasteiger partial charge in [0.2, 0.25) is 0 Å². The monoisotopic (exact) mass is 378 g/mol. The van der Waals surface area contributed by atoms with E-state index >= 15 is 0 Å². The Labute approximate surface area is 157 Å². The average Bonchev–Trinajstić information content (AvgIpc) is 2.59. The highest BCUT2D eigenvalue weighted by Gasteiger charge is 2.25. The van der Waals surface area contributed by atoms with Crippen molar-refractivity contribution in [1.29, 1.82) is 0 Å². The molecule has 0 bridgehead atoms. The number of rotatable bonds is 7. The molecule has 1 aromatic carbocycles. The lowest BCUT2D eigenvalue weighted by atomic mass is 9.99. The summed E-state index contributed by atoms with van der Waals surface area (Å²) in [7, 11) is 4.98. The van der Waals surface area contributed by atoms with Crippen molar-refractivity contribution >= 4 is 24.8 Å². The molecule has 0 unspecified atom stereocenters. The van der Waals surface area contributed by atoms with Crippen molar-refractivity contribution < 1.29 is 14.2 Å². The molecule has 0 spiro atoms. The SMILES string of the molecule is C=CC[C@H](c1cc(OC)c(OC)cc1OC)N1CCNCC1.Cl.Cl. The van der Waals surface area contributed by atoms with Gasteiger partial charge in [0.25, 0.3) is 0 Å². The van der Waals surface area contributed by atoms with Gasteiger partial charge in [0.05, 0.1) is 21.3 Å². The Morgan fingerprint density at radius 1 is 1.04 bits per heavy atom. The summed E-state index contributed by atoms with van der Waals surface area (Å²) >= 11 is 0. The third-order valence-corrected chi connectivity index (χ3v) is 4.08. The van der Waals surface area contributed by atoms with Crippen LogP contribution in [0, 0.1) is 0 Å². The lowest BCUT2D eigenvalue weighted by molar-refractivity contribution is 0.171. The van der Waals surface area contributed by atoms with E-state index in [1.807, 2.05) is 18.2 Å². The van der Waals surface area contributed by atoms with Gasteiger partial charge in [-0.25, -0.2) is 0 Å². The van der Waals surface area contributed by atoms with Crippen molar-refractivity contribution in [3.05, 3.63) is 30.4 Å². The Kier molecular flexibility index (Phi) is 10.9. The van der Waals surface area contributed by atoms with E-state index in [4.69, 9.17) is 14.2 Å². The molecule has 1 fully saturated rings. The summed E-state index contributed by atoms with van der Waals surface area (Å²) in [4.78, 5) is 2.46. The minimum atomic E-state index is 0. The van der Waals surface area contributed by atoms with Gasteiger partial charge in [-0.1, -0.05) is 6.08 Å². The molecular weight excluding hydrogens is 351 g/mol. The lowest BCUT2D eigenvalue weighted by Crippen LogP contribution is -2.45. The number of piperazine rings is 1. The largest absolute Gasteiger partial charge is 0.496 e. The molecule has 1 N–H and O–H groups in total. The summed E-state index contributed by atoms with van der Waals surface area (Å²) < 4.78 is 16.4. The van der Waals surface area contributed by atoms with Crippen molar-refractivity contribution in [1.82, 2.24) is 10.2 Å². The second-order valence-corrected chi connectivity index (χ2v) is 5.28. The van der Waals surface area contributed by atoms with Gasteiger partial charge in [0.15, 0.2) is 11.5 Å². The van der Waals surface area contributed by atoms with Crippen molar-refractivity contribution in [2.45, 2.75) is 12.5 Å². The number of halogens is 2. The van der Waals surface area contributed by atoms with Crippen LogP contribution >= 0.6 is 24.8 Å². The summed E-state index contributed by atoms with van der Waals surface area (Å²) in [6.07, 6.45) is 2.83. The van der Waals surface area contributed by atoms with Crippen LogP contribution in [0.2, 0.25) is 0 Å². The normalized spacial score (nSPS) is 15.5. The third kappa shape index (κ3) is 5.18. The fraction of sp³-hybridized carbons (Fsp3) is 0.529. The maximum absolute atomic E-state index is 5.59. The molecular formula is C17H28Cl2N2O3. The number of hydrogen-bond donors (Lipinski definition) is 1. The van der Waals surface area contributed by atoms with Crippen LogP contribution < -0.4 is 19.5 Å². The first kappa shape index (κ1) is 22.9. The molecule has 2 rings (SSSR count). The highest BCUT2D eigenvalue weighted by Crippen LogP contribution is 2.40. The molecule has 0 aliphatic carbocycles. The van der Waals surface area contributed by atoms with Crippen LogP contribution in [0.15, 0.2) is 24.8 Å². The number of benzene rings is 1. The zero-order valence-electron chi connectivity index (χ0n) is 14.5. The van der Waals surface area contributed by atoms with Crippen molar-refractivity contribution in [2.24, 2.45) is 0 Å². The van der Waals surface area contributed by atoms with Crippen molar-refractivity contribution in [3.63, 3.8) is 0 Å². The highest BCUT2D eigenvalue weighted by atomic mass is 35.5. The molecule has 0 amide bonds. The van der Waals surface area contributed by atoms with Gasteiger partial charge in [0, 0.05) is 43.9 Å². The van der Waals surface area contributed by atoms with E-state index in [2.05, 4.69) is 16.8 Å². The van der Waals surface area contributed by atoms with Crippen molar-refractivity contribution in [2.75, 3.05) is 47.5 Å². The van der Waals surface area contributed by atoms with Gasteiger partial charge in [0.1, 0.15) is 5.75 Å². The molecule has 7 heteroatoms. The molecule has 1 atom stereocenters. The molecule has 0 radical (unpaired) electrons. The number of hydrogen-bond acceptors (Lipinski definition) is 5. The fourth-order valence-electron chi connectivity index (χ4n) is 2.94. The predicted molar refractivity (Wildman–Crippen MR) is 103 cm³/mol. The second-order valence-electron chi connectivity index (χ2n) is 5.28. The maximum Gasteiger partial charge on any atom is 0.164 e. The number of methoxy groups -OCH3 is 3. The average molecular weight is 379 g/mol. The van der Waals surface area contributed by atoms with Crippen LogP contribution in [-0.4, -0.2) is 52.4 Å². The molecule has 1 aromatic rings. The Balaban J connectivity index is 0.00000264. The van der Waals surface area contributed by atoms with Crippen LogP contribution in [0.25, 0.3) is 0 Å². The standard InChI is InChI=1S/C17H26N2O3.2ClH/c1-5-6-14(19-9-7-18-8-10-19)13-11-16(21-3)17(22-4)12-15(13)20-2;;/h5,11-12,14,18H,1,6-10H2,2-4H3;2*1H/t14-;;/m1../s1. The first-order valence-electron chi connectivity index (χ1n) is 7.60. The van der Waals surface area contributed by atoms with Crippen LogP contribution in [0.3, 0.4) is 0 Å². The minimum absolute atomic E-state index is 0. The molecule has 5 nitrogen and oxygen atoms in total. The van der Waals surface area contributed by atoms with E-state index in [-0.39, 0.29) is 30.9 Å². The van der Waals surface area contributed by atoms with Gasteiger partial charge in [-0.05, 0) is 12.5 Å².